The number of aryl methyl sites for hydroxylation is 1. The fourth-order valence-electron chi connectivity index (χ4n) is 3.48. The molecule has 0 saturated carbocycles. The summed E-state index contributed by atoms with van der Waals surface area (Å²) in [6, 6.07) is 16.3. The van der Waals surface area contributed by atoms with Gasteiger partial charge in [0.15, 0.2) is 11.4 Å². The summed E-state index contributed by atoms with van der Waals surface area (Å²) in [6.45, 7) is 2.37. The van der Waals surface area contributed by atoms with E-state index in [2.05, 4.69) is 6.07 Å². The van der Waals surface area contributed by atoms with E-state index in [1.807, 2.05) is 19.1 Å². The first-order chi connectivity index (χ1) is 13.0. The molecule has 0 saturated heterocycles. The Bertz CT molecular complexity index is 899. The Labute approximate surface area is 158 Å². The first-order valence-corrected chi connectivity index (χ1v) is 9.14. The van der Waals surface area contributed by atoms with Crippen molar-refractivity contribution in [2.24, 2.45) is 0 Å². The quantitative estimate of drug-likeness (QED) is 0.605. The van der Waals surface area contributed by atoms with Crippen LogP contribution in [-0.2, 0) is 16.8 Å². The molecule has 5 nitrogen and oxygen atoms in total. The molecule has 0 aromatic heterocycles. The third kappa shape index (κ3) is 3.49. The lowest BCUT2D eigenvalue weighted by Crippen LogP contribution is -2.42. The number of amides is 1. The highest BCUT2D eigenvalue weighted by atomic mass is 16.3. The van der Waals surface area contributed by atoms with Crippen molar-refractivity contribution in [2.45, 2.75) is 38.2 Å². The molecule has 2 aromatic carbocycles. The molecule has 1 amide bonds. The third-order valence-corrected chi connectivity index (χ3v) is 5.01. The fraction of sp³-hybridized carbons (Fsp3) is 0.318. The molecule has 27 heavy (non-hydrogen) atoms. The summed E-state index contributed by atoms with van der Waals surface area (Å²) < 4.78 is 0. The van der Waals surface area contributed by atoms with Gasteiger partial charge in [-0.2, -0.15) is 5.26 Å². The average molecular weight is 362 g/mol. The summed E-state index contributed by atoms with van der Waals surface area (Å²) in [5.74, 6) is -0.776. The molecule has 3 rings (SSSR count). The molecule has 0 fully saturated rings. The maximum absolute atomic E-state index is 13.0. The van der Waals surface area contributed by atoms with E-state index < -0.39 is 11.5 Å². The number of aliphatic hydroxyl groups is 1. The molecule has 0 aliphatic carbocycles. The molecule has 0 radical (unpaired) electrons. The van der Waals surface area contributed by atoms with Gasteiger partial charge in [0, 0.05) is 24.1 Å². The van der Waals surface area contributed by atoms with Crippen LogP contribution in [0.1, 0.15) is 47.7 Å². The number of carbonyl (C=O) groups is 2. The number of rotatable bonds is 7. The second-order valence-electron chi connectivity index (χ2n) is 6.75. The summed E-state index contributed by atoms with van der Waals surface area (Å²) in [7, 11) is 0. The minimum Gasteiger partial charge on any atom is -0.375 e. The monoisotopic (exact) mass is 362 g/mol. The lowest BCUT2D eigenvalue weighted by Gasteiger charge is -2.22. The van der Waals surface area contributed by atoms with Gasteiger partial charge in [-0.1, -0.05) is 49.4 Å². The van der Waals surface area contributed by atoms with Gasteiger partial charge in [0.25, 0.3) is 5.91 Å². The molecule has 1 N–H and O–H groups in total. The summed E-state index contributed by atoms with van der Waals surface area (Å²) in [4.78, 5) is 27.2. The zero-order valence-corrected chi connectivity index (χ0v) is 15.3. The second kappa shape index (κ2) is 7.73. The van der Waals surface area contributed by atoms with Crippen molar-refractivity contribution in [3.8, 4) is 6.07 Å². The Morgan fingerprint density at radius 2 is 1.89 bits per heavy atom. The van der Waals surface area contributed by atoms with Gasteiger partial charge in [0.05, 0.1) is 18.2 Å². The maximum Gasteiger partial charge on any atom is 0.264 e. The molecule has 138 valence electrons. The van der Waals surface area contributed by atoms with Crippen LogP contribution < -0.4 is 4.90 Å². The molecule has 1 heterocycles. The third-order valence-electron chi connectivity index (χ3n) is 5.01. The van der Waals surface area contributed by atoms with E-state index in [-0.39, 0.29) is 12.2 Å². The number of ketones is 1. The lowest BCUT2D eigenvalue weighted by molar-refractivity contribution is -0.135. The van der Waals surface area contributed by atoms with Crippen LogP contribution in [0.25, 0.3) is 0 Å². The predicted octanol–water partition coefficient (Wildman–Crippen LogP) is 3.36. The lowest BCUT2D eigenvalue weighted by atomic mass is 9.88. The summed E-state index contributed by atoms with van der Waals surface area (Å²) in [6.07, 6.45) is 1.41. The highest BCUT2D eigenvalue weighted by molar-refractivity contribution is 6.10. The van der Waals surface area contributed by atoms with Gasteiger partial charge >= 0.3 is 0 Å². The van der Waals surface area contributed by atoms with Crippen molar-refractivity contribution in [1.29, 1.82) is 5.26 Å². The molecular weight excluding hydrogens is 340 g/mol. The van der Waals surface area contributed by atoms with Crippen LogP contribution in [-0.4, -0.2) is 23.3 Å². The number of hydrogen-bond acceptors (Lipinski definition) is 4. The van der Waals surface area contributed by atoms with E-state index in [0.29, 0.717) is 36.2 Å². The molecule has 1 unspecified atom stereocenters. The van der Waals surface area contributed by atoms with Crippen molar-refractivity contribution >= 4 is 17.4 Å². The zero-order chi connectivity index (χ0) is 19.4. The number of para-hydroxylation sites is 1. The van der Waals surface area contributed by atoms with E-state index in [1.54, 1.807) is 36.4 Å². The topological polar surface area (TPSA) is 81.4 Å². The van der Waals surface area contributed by atoms with Crippen molar-refractivity contribution in [2.75, 3.05) is 11.4 Å². The van der Waals surface area contributed by atoms with Gasteiger partial charge in [-0.15, -0.1) is 0 Å². The summed E-state index contributed by atoms with van der Waals surface area (Å²) in [5.41, 5.74) is 0.789. The average Bonchev–Trinajstić information content (AvgIpc) is 2.90. The molecule has 1 aliphatic rings. The maximum atomic E-state index is 13.0. The van der Waals surface area contributed by atoms with Gasteiger partial charge < -0.3 is 10.0 Å². The number of anilines is 1. The summed E-state index contributed by atoms with van der Waals surface area (Å²) in [5, 5.41) is 19.9. The van der Waals surface area contributed by atoms with Crippen LogP contribution in [0.3, 0.4) is 0 Å². The van der Waals surface area contributed by atoms with Crippen molar-refractivity contribution in [3.05, 3.63) is 65.2 Å². The Morgan fingerprint density at radius 1 is 1.19 bits per heavy atom. The number of Topliss-reactive ketones (excluding diaryl/α,β-unsaturated/α-hetero) is 1. The second-order valence-corrected chi connectivity index (χ2v) is 6.75. The van der Waals surface area contributed by atoms with Crippen LogP contribution in [0.15, 0.2) is 48.5 Å². The largest absolute Gasteiger partial charge is 0.375 e. The SMILES string of the molecule is CCc1ccc(C(=O)CC2(O)C(=O)N(CCCC#N)c3ccccc32)cc1. The van der Waals surface area contributed by atoms with Crippen molar-refractivity contribution < 1.29 is 14.7 Å². The van der Waals surface area contributed by atoms with E-state index in [4.69, 9.17) is 5.26 Å². The van der Waals surface area contributed by atoms with Crippen molar-refractivity contribution in [3.63, 3.8) is 0 Å². The number of fused-ring (bicyclic) bond motifs is 1. The normalized spacial score (nSPS) is 18.3. The number of unbranched alkanes of at least 4 members (excludes halogenated alkanes) is 1. The van der Waals surface area contributed by atoms with Gasteiger partial charge in [-0.25, -0.2) is 0 Å². The van der Waals surface area contributed by atoms with E-state index >= 15 is 0 Å². The van der Waals surface area contributed by atoms with Gasteiger partial charge in [0.2, 0.25) is 0 Å². The minimum absolute atomic E-state index is 0.276. The Hall–Kier alpha value is -2.97. The smallest absolute Gasteiger partial charge is 0.264 e. The first-order valence-electron chi connectivity index (χ1n) is 9.14. The van der Waals surface area contributed by atoms with Crippen LogP contribution in [0.2, 0.25) is 0 Å². The first kappa shape index (κ1) is 18.8. The van der Waals surface area contributed by atoms with Gasteiger partial charge in [0.1, 0.15) is 0 Å². The predicted molar refractivity (Wildman–Crippen MR) is 102 cm³/mol. The number of benzene rings is 2. The fourth-order valence-corrected chi connectivity index (χ4v) is 3.48. The van der Waals surface area contributed by atoms with E-state index in [1.165, 1.54) is 4.90 Å². The molecule has 1 aliphatic heterocycles. The molecule has 0 bridgehead atoms. The number of nitrogens with zero attached hydrogens (tertiary/aromatic N) is 2. The number of nitriles is 1. The van der Waals surface area contributed by atoms with Crippen LogP contribution in [0, 0.1) is 11.3 Å². The molecule has 1 atom stereocenters. The molecule has 2 aromatic rings. The van der Waals surface area contributed by atoms with Crippen molar-refractivity contribution in [1.82, 2.24) is 0 Å². The molecule has 0 spiro atoms. The van der Waals surface area contributed by atoms with Crippen LogP contribution in [0.4, 0.5) is 5.69 Å². The zero-order valence-electron chi connectivity index (χ0n) is 15.3. The van der Waals surface area contributed by atoms with Gasteiger partial charge in [-0.3, -0.25) is 9.59 Å². The summed E-state index contributed by atoms with van der Waals surface area (Å²) >= 11 is 0. The molecule has 5 heteroatoms. The Balaban J connectivity index is 1.88. The Kier molecular flexibility index (Phi) is 5.38. The highest BCUT2D eigenvalue weighted by Gasteiger charge is 2.50. The number of carbonyl (C=O) groups excluding carboxylic acids is 2. The van der Waals surface area contributed by atoms with E-state index in [9.17, 15) is 14.7 Å². The van der Waals surface area contributed by atoms with E-state index in [0.717, 1.165) is 12.0 Å². The highest BCUT2D eigenvalue weighted by Crippen LogP contribution is 2.42. The Morgan fingerprint density at radius 3 is 2.56 bits per heavy atom. The van der Waals surface area contributed by atoms with Crippen LogP contribution in [0.5, 0.6) is 0 Å². The molecular formula is C22H22N2O3. The van der Waals surface area contributed by atoms with Crippen LogP contribution >= 0.6 is 0 Å². The van der Waals surface area contributed by atoms with Gasteiger partial charge in [-0.05, 0) is 24.5 Å². The minimum atomic E-state index is -1.87. The number of hydrogen-bond donors (Lipinski definition) is 1. The standard InChI is InChI=1S/C22H22N2O3/c1-2-16-9-11-17(12-10-16)20(25)15-22(27)18-7-3-4-8-19(18)24(21(22)26)14-6-5-13-23/h3-4,7-12,27H,2,5-6,14-15H2,1H3.